The van der Waals surface area contributed by atoms with Crippen molar-refractivity contribution >= 4 is 38.9 Å². The van der Waals surface area contributed by atoms with Gasteiger partial charge in [-0.1, -0.05) is 54.6 Å². The number of benzene rings is 2. The van der Waals surface area contributed by atoms with Gasteiger partial charge in [-0.15, -0.1) is 0 Å². The van der Waals surface area contributed by atoms with Gasteiger partial charge in [0, 0.05) is 27.6 Å². The van der Waals surface area contributed by atoms with Gasteiger partial charge in [-0.25, -0.2) is 14.6 Å². The largest absolute Gasteiger partial charge is 0.480 e. The van der Waals surface area contributed by atoms with E-state index in [-0.39, 0.29) is 12.5 Å². The first-order chi connectivity index (χ1) is 17.2. The fourth-order valence-electron chi connectivity index (χ4n) is 5.14. The van der Waals surface area contributed by atoms with Crippen molar-refractivity contribution in [3.63, 3.8) is 0 Å². The lowest BCUT2D eigenvalue weighted by molar-refractivity contribution is -0.140. The van der Waals surface area contributed by atoms with Crippen molar-refractivity contribution in [3.8, 4) is 11.3 Å². The van der Waals surface area contributed by atoms with Crippen molar-refractivity contribution in [2.45, 2.75) is 45.4 Å². The van der Waals surface area contributed by atoms with Gasteiger partial charge in [0.2, 0.25) is 0 Å². The van der Waals surface area contributed by atoms with Crippen LogP contribution in [0, 0.1) is 12.8 Å². The number of aromatic nitrogens is 1. The van der Waals surface area contributed by atoms with Crippen molar-refractivity contribution < 1.29 is 19.4 Å². The molecule has 2 unspecified atom stereocenters. The van der Waals surface area contributed by atoms with Crippen LogP contribution in [-0.2, 0) is 15.2 Å². The Morgan fingerprint density at radius 3 is 2.69 bits per heavy atom. The van der Waals surface area contributed by atoms with Crippen molar-refractivity contribution in [3.05, 3.63) is 57.6 Å². The summed E-state index contributed by atoms with van der Waals surface area (Å²) in [5.74, 6) is -1.40. The minimum atomic E-state index is -1.11. The van der Waals surface area contributed by atoms with E-state index in [0.717, 1.165) is 43.3 Å². The second-order valence-electron chi connectivity index (χ2n) is 9.55. The first kappa shape index (κ1) is 24.1. The predicted molar refractivity (Wildman–Crippen MR) is 137 cm³/mol. The van der Waals surface area contributed by atoms with E-state index < -0.39 is 29.8 Å². The molecule has 11 heteroatoms. The Bertz CT molecular complexity index is 1400. The highest BCUT2D eigenvalue weighted by atomic mass is 79.9. The fraction of sp³-hybridized carbons (Fsp3) is 0.360. The smallest absolute Gasteiger partial charge is 0.407 e. The molecule has 188 valence electrons. The fourth-order valence-corrected chi connectivity index (χ4v) is 5.86. The lowest BCUT2D eigenvalue weighted by Gasteiger charge is -2.41. The van der Waals surface area contributed by atoms with E-state index in [0.29, 0.717) is 0 Å². The lowest BCUT2D eigenvalue weighted by Crippen LogP contribution is -2.54. The number of aromatic amines is 1. The third-order valence-electron chi connectivity index (χ3n) is 6.84. The average molecular weight is 555 g/mol. The molecule has 0 fully saturated rings. The van der Waals surface area contributed by atoms with Crippen LogP contribution in [0.2, 0.25) is 0 Å². The number of carboxylic acid groups (broad SMARTS) is 1. The molecule has 1 aliphatic heterocycles. The van der Waals surface area contributed by atoms with Gasteiger partial charge < -0.3 is 20.1 Å². The van der Waals surface area contributed by atoms with Gasteiger partial charge in [0.05, 0.1) is 16.2 Å². The number of hydrogen-bond acceptors (Lipinski definition) is 7. The van der Waals surface area contributed by atoms with Crippen molar-refractivity contribution in [2.24, 2.45) is 16.4 Å². The molecular weight excluding hydrogens is 528 g/mol. The zero-order valence-electron chi connectivity index (χ0n) is 20.3. The molecule has 2 heterocycles. The normalized spacial score (nSPS) is 19.3. The second kappa shape index (κ2) is 8.81. The van der Waals surface area contributed by atoms with E-state index in [2.05, 4.69) is 60.3 Å². The second-order valence-corrected chi connectivity index (χ2v) is 10.3. The molecule has 3 aromatic rings. The monoisotopic (exact) mass is 554 g/mol. The van der Waals surface area contributed by atoms with Crippen LogP contribution < -0.4 is 10.7 Å². The van der Waals surface area contributed by atoms with Crippen LogP contribution in [0.15, 0.2) is 51.3 Å². The van der Waals surface area contributed by atoms with Gasteiger partial charge in [0.1, 0.15) is 12.6 Å². The number of halogens is 1. The molecule has 3 atom stereocenters. The summed E-state index contributed by atoms with van der Waals surface area (Å²) in [4.78, 5) is 27.4. The molecule has 2 bridgehead atoms. The maximum Gasteiger partial charge on any atom is 0.407 e. The van der Waals surface area contributed by atoms with E-state index in [4.69, 9.17) is 4.74 Å². The van der Waals surface area contributed by atoms with E-state index in [9.17, 15) is 14.7 Å². The summed E-state index contributed by atoms with van der Waals surface area (Å²) < 4.78 is 6.42. The molecular formula is C25H27BrN6O4. The van der Waals surface area contributed by atoms with Gasteiger partial charge in [-0.2, -0.15) is 0 Å². The van der Waals surface area contributed by atoms with Crippen LogP contribution in [0.4, 0.5) is 4.79 Å². The quantitative estimate of drug-likeness (QED) is 0.345. The number of carbonyl (C=O) groups is 2. The highest BCUT2D eigenvalue weighted by molar-refractivity contribution is 9.10. The number of rotatable bonds is 6. The highest BCUT2D eigenvalue weighted by Gasteiger charge is 2.51. The summed E-state index contributed by atoms with van der Waals surface area (Å²) in [6.07, 6.45) is -0.793. The third-order valence-corrected chi connectivity index (χ3v) is 7.63. The van der Waals surface area contributed by atoms with Crippen LogP contribution in [0.5, 0.6) is 0 Å². The SMILES string of the molecule is Cc1ccc2[nH]c3c(Br)c2c1C1(NN=NN1C(C)COC(=O)N[C@H](C(=O)O)C(C)C)c1ccccc1-3. The molecule has 1 amide bonds. The minimum absolute atomic E-state index is 0.0331. The zero-order chi connectivity index (χ0) is 25.8. The number of nitrogens with zero attached hydrogens (tertiary/aromatic N) is 3. The molecule has 2 aromatic carbocycles. The molecule has 0 radical (unpaired) electrons. The van der Waals surface area contributed by atoms with Crippen LogP contribution in [-0.4, -0.2) is 45.9 Å². The summed E-state index contributed by atoms with van der Waals surface area (Å²) >= 11 is 3.83. The standard InChI is InChI=1S/C25H27BrN6O4/c1-12(2)21(23(33)34)28-24(35)36-11-14(4)32-25(29-30-31-32)16-8-6-5-7-15(16)22-20(26)18-17(27-22)10-9-13(3)19(18)25/h5-10,12,14,21,27H,11H2,1-4H3,(H,28,35)(H,29,31)(H,33,34)/t14?,21-,25?/m0/s1. The van der Waals surface area contributed by atoms with E-state index >= 15 is 0 Å². The molecule has 4 N–H and O–H groups in total. The van der Waals surface area contributed by atoms with Gasteiger partial charge in [0.25, 0.3) is 0 Å². The number of ether oxygens (including phenoxy) is 1. The van der Waals surface area contributed by atoms with E-state index in [1.54, 1.807) is 13.8 Å². The molecule has 1 aromatic heterocycles. The van der Waals surface area contributed by atoms with Gasteiger partial charge in [-0.05, 0) is 47.3 Å². The molecule has 36 heavy (non-hydrogen) atoms. The summed E-state index contributed by atoms with van der Waals surface area (Å²) in [6, 6.07) is 10.7. The van der Waals surface area contributed by atoms with E-state index in [1.165, 1.54) is 0 Å². The van der Waals surface area contributed by atoms with Gasteiger partial charge in [-0.3, -0.25) is 5.43 Å². The topological polar surface area (TPSA) is 131 Å². The van der Waals surface area contributed by atoms with Crippen LogP contribution in [0.1, 0.15) is 37.5 Å². The Kier molecular flexibility index (Phi) is 5.90. The lowest BCUT2D eigenvalue weighted by atomic mass is 9.84. The summed E-state index contributed by atoms with van der Waals surface area (Å²) in [5, 5.41) is 23.3. The molecule has 0 saturated carbocycles. The maximum atomic E-state index is 12.4. The summed E-state index contributed by atoms with van der Waals surface area (Å²) in [7, 11) is 0. The highest BCUT2D eigenvalue weighted by Crippen LogP contribution is 2.52. The zero-order valence-corrected chi connectivity index (χ0v) is 21.9. The predicted octanol–water partition coefficient (Wildman–Crippen LogP) is 4.83. The van der Waals surface area contributed by atoms with E-state index in [1.807, 2.05) is 37.1 Å². The number of aliphatic carboxylic acids is 1. The Balaban J connectivity index is 1.53. The summed E-state index contributed by atoms with van der Waals surface area (Å²) in [5.41, 5.74) is 8.27. The van der Waals surface area contributed by atoms with Gasteiger partial charge >= 0.3 is 12.1 Å². The molecule has 10 nitrogen and oxygen atoms in total. The number of fused-ring (bicyclic) bond motifs is 5. The van der Waals surface area contributed by atoms with Crippen molar-refractivity contribution in [2.75, 3.05) is 6.61 Å². The summed E-state index contributed by atoms with van der Waals surface area (Å²) in [6.45, 7) is 7.35. The average Bonchev–Trinajstić information content (AvgIpc) is 3.40. The maximum absolute atomic E-state index is 12.4. The molecule has 5 rings (SSSR count). The van der Waals surface area contributed by atoms with Crippen molar-refractivity contribution in [1.29, 1.82) is 0 Å². The van der Waals surface area contributed by atoms with Crippen LogP contribution in [0.25, 0.3) is 22.2 Å². The Hall–Kier alpha value is -3.60. The number of aryl methyl sites for hydroxylation is 1. The number of carbonyl (C=O) groups excluding carboxylic acids is 1. The molecule has 1 aliphatic carbocycles. The third kappa shape index (κ3) is 3.52. The van der Waals surface area contributed by atoms with Crippen LogP contribution in [0.3, 0.4) is 0 Å². The molecule has 0 saturated heterocycles. The molecule has 2 aliphatic rings. The number of alkyl carbamates (subject to hydrolysis) is 1. The number of amides is 1. The first-order valence-corrected chi connectivity index (χ1v) is 12.5. The number of nitrogens with one attached hydrogen (secondary N) is 3. The number of H-pyrrole nitrogens is 1. The Morgan fingerprint density at radius 1 is 1.22 bits per heavy atom. The first-order valence-electron chi connectivity index (χ1n) is 11.7. The number of hydrogen-bond donors (Lipinski definition) is 4. The molecule has 1 spiro atoms. The van der Waals surface area contributed by atoms with Gasteiger partial charge in [0.15, 0.2) is 5.66 Å². The van der Waals surface area contributed by atoms with Crippen LogP contribution >= 0.6 is 15.9 Å². The van der Waals surface area contributed by atoms with Crippen molar-refractivity contribution in [1.82, 2.24) is 20.7 Å². The Labute approximate surface area is 216 Å². The number of carboxylic acids is 1. The Morgan fingerprint density at radius 2 is 1.97 bits per heavy atom. The minimum Gasteiger partial charge on any atom is -0.480 e.